The van der Waals surface area contributed by atoms with Gasteiger partial charge in [-0.05, 0) is 41.5 Å². The maximum Gasteiger partial charge on any atom is 0.315 e. The normalized spacial score (nSPS) is 19.7. The van der Waals surface area contributed by atoms with E-state index >= 15 is 0 Å². The summed E-state index contributed by atoms with van der Waals surface area (Å²) in [5, 5.41) is 6.11. The Hall–Kier alpha value is -2.36. The lowest BCUT2D eigenvalue weighted by Crippen LogP contribution is -2.39. The monoisotopic (exact) mass is 309 g/mol. The summed E-state index contributed by atoms with van der Waals surface area (Å²) in [7, 11) is 0. The maximum absolute atomic E-state index is 12.4. The molecule has 0 fully saturated rings. The number of aromatic nitrogens is 1. The van der Waals surface area contributed by atoms with E-state index in [0.29, 0.717) is 0 Å². The van der Waals surface area contributed by atoms with E-state index in [0.717, 1.165) is 12.0 Å². The summed E-state index contributed by atoms with van der Waals surface area (Å²) >= 11 is 0. The molecule has 3 rings (SSSR count). The van der Waals surface area contributed by atoms with Gasteiger partial charge in [-0.2, -0.15) is 0 Å². The minimum absolute atomic E-state index is 0.0577. The first-order chi connectivity index (χ1) is 11.0. The van der Waals surface area contributed by atoms with E-state index in [4.69, 9.17) is 0 Å². The van der Waals surface area contributed by atoms with Gasteiger partial charge in [0.05, 0.1) is 12.1 Å². The van der Waals surface area contributed by atoms with Crippen molar-refractivity contribution in [1.82, 2.24) is 15.6 Å². The predicted octanol–water partition coefficient (Wildman–Crippen LogP) is 3.86. The zero-order valence-electron chi connectivity index (χ0n) is 13.8. The zero-order chi connectivity index (χ0) is 16.4. The fraction of sp³-hybridized carbons (Fsp3) is 0.368. The predicted molar refractivity (Wildman–Crippen MR) is 91.1 cm³/mol. The lowest BCUT2D eigenvalue weighted by Gasteiger charge is -2.20. The zero-order valence-corrected chi connectivity index (χ0v) is 13.8. The Balaban J connectivity index is 1.68. The van der Waals surface area contributed by atoms with E-state index in [1.54, 1.807) is 12.4 Å². The number of nitrogens with one attached hydrogen (secondary N) is 2. The molecule has 0 aliphatic heterocycles. The third-order valence-electron chi connectivity index (χ3n) is 4.62. The van der Waals surface area contributed by atoms with Crippen LogP contribution in [0.5, 0.6) is 0 Å². The summed E-state index contributed by atoms with van der Waals surface area (Å²) < 4.78 is 0. The summed E-state index contributed by atoms with van der Waals surface area (Å²) in [6.07, 6.45) is 4.42. The van der Waals surface area contributed by atoms with E-state index < -0.39 is 0 Å². The standard InChI is InChI=1S/C19H23N3O/c1-13(14-7-6-10-20-12-14)21-18(23)22-17-11-19(2,3)16-9-5-4-8-15(16)17/h4-10,12-13,17H,11H2,1-3H3,(H2,21,22,23). The van der Waals surface area contributed by atoms with Gasteiger partial charge < -0.3 is 10.6 Å². The Kier molecular flexibility index (Phi) is 4.07. The number of pyridine rings is 1. The van der Waals surface area contributed by atoms with E-state index in [-0.39, 0.29) is 23.5 Å². The van der Waals surface area contributed by atoms with Crippen LogP contribution in [-0.2, 0) is 5.41 Å². The minimum Gasteiger partial charge on any atom is -0.332 e. The summed E-state index contributed by atoms with van der Waals surface area (Å²) in [6.45, 7) is 6.41. The van der Waals surface area contributed by atoms with Gasteiger partial charge in [0.1, 0.15) is 0 Å². The Bertz CT molecular complexity index is 697. The Morgan fingerprint density at radius 3 is 2.78 bits per heavy atom. The lowest BCUT2D eigenvalue weighted by molar-refractivity contribution is 0.232. The van der Waals surface area contributed by atoms with Crippen LogP contribution in [0.4, 0.5) is 4.79 Å². The van der Waals surface area contributed by atoms with Crippen LogP contribution >= 0.6 is 0 Å². The van der Waals surface area contributed by atoms with Gasteiger partial charge in [-0.15, -0.1) is 0 Å². The van der Waals surface area contributed by atoms with Crippen molar-refractivity contribution in [3.05, 3.63) is 65.5 Å². The van der Waals surface area contributed by atoms with Crippen molar-refractivity contribution in [2.75, 3.05) is 0 Å². The molecule has 1 heterocycles. The molecule has 120 valence electrons. The van der Waals surface area contributed by atoms with Crippen LogP contribution in [0.1, 0.15) is 56.0 Å². The van der Waals surface area contributed by atoms with Crippen molar-refractivity contribution in [2.24, 2.45) is 0 Å². The highest BCUT2D eigenvalue weighted by Gasteiger charge is 2.37. The number of carbonyl (C=O) groups is 1. The SMILES string of the molecule is CC(NC(=O)NC1CC(C)(C)c2ccccc21)c1cccnc1. The van der Waals surface area contributed by atoms with Crippen LogP contribution in [0.15, 0.2) is 48.8 Å². The molecular weight excluding hydrogens is 286 g/mol. The van der Waals surface area contributed by atoms with Gasteiger partial charge in [0, 0.05) is 12.4 Å². The van der Waals surface area contributed by atoms with Crippen LogP contribution < -0.4 is 10.6 Å². The van der Waals surface area contributed by atoms with Gasteiger partial charge in [-0.25, -0.2) is 4.79 Å². The number of urea groups is 1. The highest BCUT2D eigenvalue weighted by Crippen LogP contribution is 2.44. The molecule has 2 amide bonds. The quantitative estimate of drug-likeness (QED) is 0.904. The highest BCUT2D eigenvalue weighted by molar-refractivity contribution is 5.75. The molecule has 23 heavy (non-hydrogen) atoms. The fourth-order valence-electron chi connectivity index (χ4n) is 3.39. The molecule has 4 heteroatoms. The smallest absolute Gasteiger partial charge is 0.315 e. The number of carbonyl (C=O) groups excluding carboxylic acids is 1. The van der Waals surface area contributed by atoms with Crippen molar-refractivity contribution in [3.63, 3.8) is 0 Å². The molecule has 0 radical (unpaired) electrons. The third kappa shape index (κ3) is 3.21. The summed E-state index contributed by atoms with van der Waals surface area (Å²) in [4.78, 5) is 16.5. The molecule has 2 aromatic rings. The van der Waals surface area contributed by atoms with E-state index in [1.807, 2.05) is 25.1 Å². The number of hydrogen-bond donors (Lipinski definition) is 2. The lowest BCUT2D eigenvalue weighted by atomic mass is 9.86. The number of benzene rings is 1. The molecule has 0 saturated heterocycles. The van der Waals surface area contributed by atoms with E-state index in [9.17, 15) is 4.79 Å². The second-order valence-electron chi connectivity index (χ2n) is 6.85. The van der Waals surface area contributed by atoms with Gasteiger partial charge in [0.15, 0.2) is 0 Å². The minimum atomic E-state index is -0.140. The largest absolute Gasteiger partial charge is 0.332 e. The van der Waals surface area contributed by atoms with Gasteiger partial charge in [-0.3, -0.25) is 4.98 Å². The van der Waals surface area contributed by atoms with Crippen LogP contribution in [-0.4, -0.2) is 11.0 Å². The molecule has 0 saturated carbocycles. The first-order valence-electron chi connectivity index (χ1n) is 8.04. The molecule has 2 N–H and O–H groups in total. The molecule has 1 aromatic carbocycles. The van der Waals surface area contributed by atoms with Gasteiger partial charge in [0.25, 0.3) is 0 Å². The summed E-state index contributed by atoms with van der Waals surface area (Å²) in [5.41, 5.74) is 3.63. The second-order valence-corrected chi connectivity index (χ2v) is 6.85. The number of amides is 2. The maximum atomic E-state index is 12.4. The molecule has 0 bridgehead atoms. The Labute approximate surface area is 137 Å². The van der Waals surface area contributed by atoms with Crippen LogP contribution in [0.2, 0.25) is 0 Å². The van der Waals surface area contributed by atoms with Gasteiger partial charge >= 0.3 is 6.03 Å². The van der Waals surface area contributed by atoms with Crippen molar-refractivity contribution in [1.29, 1.82) is 0 Å². The number of hydrogen-bond acceptors (Lipinski definition) is 2. The first-order valence-corrected chi connectivity index (χ1v) is 8.04. The van der Waals surface area contributed by atoms with Crippen LogP contribution in [0.3, 0.4) is 0 Å². The summed E-state index contributed by atoms with van der Waals surface area (Å²) in [6, 6.07) is 12.0. The Morgan fingerprint density at radius 1 is 1.26 bits per heavy atom. The number of nitrogens with zero attached hydrogens (tertiary/aromatic N) is 1. The third-order valence-corrected chi connectivity index (χ3v) is 4.62. The van der Waals surface area contributed by atoms with Gasteiger partial charge in [-0.1, -0.05) is 44.2 Å². The highest BCUT2D eigenvalue weighted by atomic mass is 16.2. The average molecular weight is 309 g/mol. The molecule has 1 aromatic heterocycles. The van der Waals surface area contributed by atoms with Gasteiger partial charge in [0.2, 0.25) is 0 Å². The molecule has 0 spiro atoms. The van der Waals surface area contributed by atoms with Crippen LogP contribution in [0, 0.1) is 0 Å². The fourth-order valence-corrected chi connectivity index (χ4v) is 3.39. The molecular formula is C19H23N3O. The average Bonchev–Trinajstić information content (AvgIpc) is 2.79. The summed E-state index contributed by atoms with van der Waals surface area (Å²) in [5.74, 6) is 0. The second kappa shape index (κ2) is 6.03. The van der Waals surface area contributed by atoms with E-state index in [1.165, 1.54) is 11.1 Å². The number of fused-ring (bicyclic) bond motifs is 1. The topological polar surface area (TPSA) is 54.0 Å². The molecule has 1 aliphatic carbocycles. The number of rotatable bonds is 3. The van der Waals surface area contributed by atoms with Crippen LogP contribution in [0.25, 0.3) is 0 Å². The molecule has 2 atom stereocenters. The van der Waals surface area contributed by atoms with Crippen molar-refractivity contribution < 1.29 is 4.79 Å². The van der Waals surface area contributed by atoms with Crippen molar-refractivity contribution in [2.45, 2.75) is 44.7 Å². The first kappa shape index (κ1) is 15.5. The van der Waals surface area contributed by atoms with Crippen molar-refractivity contribution in [3.8, 4) is 0 Å². The Morgan fingerprint density at radius 2 is 2.04 bits per heavy atom. The molecule has 1 aliphatic rings. The molecule has 4 nitrogen and oxygen atoms in total. The molecule has 2 unspecified atom stereocenters. The van der Waals surface area contributed by atoms with E-state index in [2.05, 4.69) is 47.7 Å². The van der Waals surface area contributed by atoms with Crippen molar-refractivity contribution >= 4 is 6.03 Å².